The molecule has 19 heavy (non-hydrogen) atoms. The molecule has 0 spiro atoms. The molecule has 0 bridgehead atoms. The number of halogens is 1. The van der Waals surface area contributed by atoms with Crippen molar-refractivity contribution < 1.29 is 4.79 Å². The zero-order valence-electron chi connectivity index (χ0n) is 11.7. The number of rotatable bonds is 5. The van der Waals surface area contributed by atoms with E-state index < -0.39 is 0 Å². The van der Waals surface area contributed by atoms with Crippen LogP contribution in [-0.4, -0.2) is 30.4 Å². The predicted octanol–water partition coefficient (Wildman–Crippen LogP) is 3.43. The summed E-state index contributed by atoms with van der Waals surface area (Å²) in [6, 6.07) is 6.35. The second kappa shape index (κ2) is 6.06. The minimum atomic E-state index is 0.0525. The van der Waals surface area contributed by atoms with Crippen LogP contribution in [0.3, 0.4) is 0 Å². The van der Waals surface area contributed by atoms with Crippen molar-refractivity contribution in [2.45, 2.75) is 32.7 Å². The molecule has 0 unspecified atom stereocenters. The third kappa shape index (κ3) is 4.05. The number of nitrogens with one attached hydrogen (secondary N) is 1. The number of carbonyl (C=O) groups excluding carboxylic acids is 1. The Morgan fingerprint density at radius 1 is 1.53 bits per heavy atom. The van der Waals surface area contributed by atoms with Gasteiger partial charge in [-0.25, -0.2) is 0 Å². The van der Waals surface area contributed by atoms with Gasteiger partial charge >= 0.3 is 0 Å². The molecule has 0 saturated heterocycles. The summed E-state index contributed by atoms with van der Waals surface area (Å²) in [5.41, 5.74) is 1.98. The summed E-state index contributed by atoms with van der Waals surface area (Å²) in [7, 11) is 2.02. The highest BCUT2D eigenvalue weighted by Gasteiger charge is 2.30. The van der Waals surface area contributed by atoms with Gasteiger partial charge in [0, 0.05) is 16.2 Å². The number of hydrogen-bond donors (Lipinski definition) is 1. The number of nitrogens with zero attached hydrogens (tertiary/aromatic N) is 1. The lowest BCUT2D eigenvalue weighted by atomic mass is 10.2. The SMILES string of the molecule is Cc1cc(NC(=O)CN(C)[C@@H](C)C2CC2)ccc1Br. The first-order valence-corrected chi connectivity index (χ1v) is 7.53. The first-order valence-electron chi connectivity index (χ1n) is 6.73. The van der Waals surface area contributed by atoms with Crippen molar-refractivity contribution in [2.75, 3.05) is 18.9 Å². The number of likely N-dealkylation sites (N-methyl/N-ethyl adjacent to an activating group) is 1. The largest absolute Gasteiger partial charge is 0.325 e. The molecule has 1 aromatic carbocycles. The molecule has 1 fully saturated rings. The highest BCUT2D eigenvalue weighted by atomic mass is 79.9. The maximum atomic E-state index is 12.0. The average Bonchev–Trinajstić information content (AvgIpc) is 3.17. The quantitative estimate of drug-likeness (QED) is 0.900. The summed E-state index contributed by atoms with van der Waals surface area (Å²) in [5.74, 6) is 0.837. The van der Waals surface area contributed by atoms with Crippen LogP contribution in [-0.2, 0) is 4.79 Å². The molecule has 1 atom stereocenters. The molecule has 1 N–H and O–H groups in total. The Balaban J connectivity index is 1.87. The maximum absolute atomic E-state index is 12.0. The molecule has 1 aromatic rings. The van der Waals surface area contributed by atoms with Crippen LogP contribution in [0.4, 0.5) is 5.69 Å². The lowest BCUT2D eigenvalue weighted by Gasteiger charge is -2.23. The Morgan fingerprint density at radius 2 is 2.21 bits per heavy atom. The normalized spacial score (nSPS) is 16.5. The van der Waals surface area contributed by atoms with Gasteiger partial charge in [0.15, 0.2) is 0 Å². The lowest BCUT2D eigenvalue weighted by Crippen LogP contribution is -2.37. The molecule has 0 heterocycles. The van der Waals surface area contributed by atoms with Gasteiger partial charge in [-0.05, 0) is 63.4 Å². The van der Waals surface area contributed by atoms with E-state index >= 15 is 0 Å². The monoisotopic (exact) mass is 324 g/mol. The highest BCUT2D eigenvalue weighted by molar-refractivity contribution is 9.10. The van der Waals surface area contributed by atoms with Crippen LogP contribution in [0.25, 0.3) is 0 Å². The van der Waals surface area contributed by atoms with E-state index in [-0.39, 0.29) is 5.91 Å². The van der Waals surface area contributed by atoms with Crippen LogP contribution in [0.2, 0.25) is 0 Å². The van der Waals surface area contributed by atoms with E-state index in [4.69, 9.17) is 0 Å². The first-order chi connectivity index (χ1) is 8.97. The zero-order chi connectivity index (χ0) is 14.0. The van der Waals surface area contributed by atoms with Crippen LogP contribution < -0.4 is 5.32 Å². The molecule has 2 rings (SSSR count). The number of anilines is 1. The van der Waals surface area contributed by atoms with Crippen molar-refractivity contribution in [2.24, 2.45) is 5.92 Å². The van der Waals surface area contributed by atoms with Gasteiger partial charge in [-0.15, -0.1) is 0 Å². The van der Waals surface area contributed by atoms with Gasteiger partial charge in [0.25, 0.3) is 0 Å². The van der Waals surface area contributed by atoms with E-state index in [9.17, 15) is 4.79 Å². The van der Waals surface area contributed by atoms with Crippen LogP contribution in [0, 0.1) is 12.8 Å². The molecule has 0 aliphatic heterocycles. The lowest BCUT2D eigenvalue weighted by molar-refractivity contribution is -0.117. The second-order valence-corrected chi connectivity index (χ2v) is 6.36. The summed E-state index contributed by atoms with van der Waals surface area (Å²) >= 11 is 3.46. The smallest absolute Gasteiger partial charge is 0.238 e. The topological polar surface area (TPSA) is 32.3 Å². The fourth-order valence-electron chi connectivity index (χ4n) is 2.23. The van der Waals surface area contributed by atoms with E-state index in [0.29, 0.717) is 12.6 Å². The summed E-state index contributed by atoms with van der Waals surface area (Å²) in [6.07, 6.45) is 2.61. The summed E-state index contributed by atoms with van der Waals surface area (Å²) in [6.45, 7) is 4.67. The van der Waals surface area contributed by atoms with Crippen molar-refractivity contribution in [3.8, 4) is 0 Å². The molecule has 1 saturated carbocycles. The van der Waals surface area contributed by atoms with Gasteiger partial charge in [0.05, 0.1) is 6.54 Å². The van der Waals surface area contributed by atoms with Crippen LogP contribution in [0.15, 0.2) is 22.7 Å². The predicted molar refractivity (Wildman–Crippen MR) is 82.3 cm³/mol. The van der Waals surface area contributed by atoms with Crippen LogP contribution in [0.1, 0.15) is 25.3 Å². The number of hydrogen-bond acceptors (Lipinski definition) is 2. The zero-order valence-corrected chi connectivity index (χ0v) is 13.3. The third-order valence-corrected chi connectivity index (χ3v) is 4.72. The van der Waals surface area contributed by atoms with E-state index in [1.165, 1.54) is 12.8 Å². The minimum absolute atomic E-state index is 0.0525. The minimum Gasteiger partial charge on any atom is -0.325 e. The second-order valence-electron chi connectivity index (χ2n) is 5.51. The van der Waals surface area contributed by atoms with E-state index in [2.05, 4.69) is 33.1 Å². The summed E-state index contributed by atoms with van der Waals surface area (Å²) in [5, 5.41) is 2.95. The number of benzene rings is 1. The molecule has 0 radical (unpaired) electrons. The van der Waals surface area contributed by atoms with Crippen molar-refractivity contribution in [1.82, 2.24) is 4.90 Å². The Kier molecular flexibility index (Phi) is 4.63. The average molecular weight is 325 g/mol. The van der Waals surface area contributed by atoms with Gasteiger partial charge in [-0.2, -0.15) is 0 Å². The Labute approximate surface area is 123 Å². The molecule has 104 valence electrons. The molecule has 0 aromatic heterocycles. The summed E-state index contributed by atoms with van der Waals surface area (Å²) in [4.78, 5) is 14.1. The molecule has 1 aliphatic rings. The van der Waals surface area contributed by atoms with Gasteiger partial charge in [-0.3, -0.25) is 9.69 Å². The number of aryl methyl sites for hydroxylation is 1. The number of amides is 1. The summed E-state index contributed by atoms with van der Waals surface area (Å²) < 4.78 is 1.06. The molecule has 1 aliphatic carbocycles. The standard InChI is InChI=1S/C15H21BrN2O/c1-10-8-13(6-7-14(10)16)17-15(19)9-18(3)11(2)12-4-5-12/h6-8,11-12H,4-5,9H2,1-3H3,(H,17,19)/t11-/m0/s1. The van der Waals surface area contributed by atoms with Gasteiger partial charge in [0.2, 0.25) is 5.91 Å². The molecule has 4 heteroatoms. The van der Waals surface area contributed by atoms with Gasteiger partial charge in [0.1, 0.15) is 0 Å². The Morgan fingerprint density at radius 3 is 2.79 bits per heavy atom. The van der Waals surface area contributed by atoms with Crippen molar-refractivity contribution in [1.29, 1.82) is 0 Å². The van der Waals surface area contributed by atoms with Gasteiger partial charge < -0.3 is 5.32 Å². The highest BCUT2D eigenvalue weighted by Crippen LogP contribution is 2.34. The molecular weight excluding hydrogens is 304 g/mol. The van der Waals surface area contributed by atoms with Gasteiger partial charge in [-0.1, -0.05) is 15.9 Å². The molecule has 3 nitrogen and oxygen atoms in total. The van der Waals surface area contributed by atoms with Crippen molar-refractivity contribution in [3.05, 3.63) is 28.2 Å². The Hall–Kier alpha value is -0.870. The van der Waals surface area contributed by atoms with Crippen LogP contribution >= 0.6 is 15.9 Å². The molecule has 1 amide bonds. The first kappa shape index (κ1) is 14.5. The van der Waals surface area contributed by atoms with E-state index in [1.807, 2.05) is 32.2 Å². The molecular formula is C15H21BrN2O. The van der Waals surface area contributed by atoms with E-state index in [0.717, 1.165) is 21.6 Å². The fourth-order valence-corrected chi connectivity index (χ4v) is 2.48. The van der Waals surface area contributed by atoms with Crippen LogP contribution in [0.5, 0.6) is 0 Å². The number of carbonyl (C=O) groups is 1. The Bertz CT molecular complexity index is 471. The van der Waals surface area contributed by atoms with E-state index in [1.54, 1.807) is 0 Å². The third-order valence-electron chi connectivity index (χ3n) is 3.83. The maximum Gasteiger partial charge on any atom is 0.238 e. The van der Waals surface area contributed by atoms with Crippen molar-refractivity contribution >= 4 is 27.5 Å². The van der Waals surface area contributed by atoms with Crippen molar-refractivity contribution in [3.63, 3.8) is 0 Å². The fraction of sp³-hybridized carbons (Fsp3) is 0.533.